The molecule has 0 radical (unpaired) electrons. The summed E-state index contributed by atoms with van der Waals surface area (Å²) in [4.78, 5) is 27.8. The molecule has 2 amide bonds. The Morgan fingerprint density at radius 1 is 1.20 bits per heavy atom. The van der Waals surface area contributed by atoms with Gasteiger partial charge in [-0.3, -0.25) is 9.59 Å². The molecule has 0 saturated carbocycles. The fraction of sp³-hybridized carbons (Fsp3) is 0.385. The van der Waals surface area contributed by atoms with E-state index in [1.807, 2.05) is 30.3 Å². The number of ether oxygens (including phenoxy) is 1. The van der Waals surface area contributed by atoms with Gasteiger partial charge in [-0.25, -0.2) is 0 Å². The number of nitrogens with one attached hydrogen (secondary N) is 1. The summed E-state index contributed by atoms with van der Waals surface area (Å²) >= 11 is 8.18. The molecule has 9 heteroatoms. The average molecular weight is 613 g/mol. The van der Waals surface area contributed by atoms with Crippen LogP contribution in [0.3, 0.4) is 0 Å². The van der Waals surface area contributed by atoms with Crippen LogP contribution >= 0.6 is 34.2 Å². The molecule has 0 heterocycles. The molecular formula is C26H30ClIN2O5. The van der Waals surface area contributed by atoms with Crippen LogP contribution in [-0.2, 0) is 16.1 Å². The summed E-state index contributed by atoms with van der Waals surface area (Å²) in [6, 6.07) is 13.9. The number of halogens is 2. The highest BCUT2D eigenvalue weighted by atomic mass is 127. The molecule has 1 aliphatic carbocycles. The molecule has 0 saturated heterocycles. The number of hydrogen-bond acceptors (Lipinski definition) is 5. The zero-order valence-electron chi connectivity index (χ0n) is 19.7. The SMILES string of the molecule is CC(C)C(=O)N(Cc1ccc(Cl)cc1)C1CC(C(=O)NCCO)=CC(Oc2ccccc2I)C1O. The normalized spacial score (nSPS) is 19.7. The first-order valence-corrected chi connectivity index (χ1v) is 12.9. The molecule has 2 aromatic carbocycles. The molecule has 3 N–H and O–H groups in total. The van der Waals surface area contributed by atoms with Gasteiger partial charge < -0.3 is 25.2 Å². The largest absolute Gasteiger partial charge is 0.482 e. The summed E-state index contributed by atoms with van der Waals surface area (Å²) in [6.45, 7) is 3.76. The number of hydrogen-bond donors (Lipinski definition) is 3. The standard InChI is InChI=1S/C26H30ClIN2O5/c1-16(2)26(34)30(15-17-7-9-19(27)10-8-17)21-13-18(25(33)29-11-12-31)14-23(24(21)32)35-22-6-4-3-5-20(22)28/h3-10,14,16,21,23-24,31-32H,11-13,15H2,1-2H3,(H,29,33). The number of para-hydroxylation sites is 1. The summed E-state index contributed by atoms with van der Waals surface area (Å²) in [5.41, 5.74) is 1.24. The Bertz CT molecular complexity index is 1060. The number of aliphatic hydroxyl groups excluding tert-OH is 2. The molecule has 3 rings (SSSR count). The van der Waals surface area contributed by atoms with Gasteiger partial charge in [0.25, 0.3) is 0 Å². The number of rotatable bonds is 9. The fourth-order valence-electron chi connectivity index (χ4n) is 3.94. The lowest BCUT2D eigenvalue weighted by Crippen LogP contribution is -2.55. The zero-order valence-corrected chi connectivity index (χ0v) is 22.6. The highest BCUT2D eigenvalue weighted by Crippen LogP contribution is 2.31. The van der Waals surface area contributed by atoms with Crippen molar-refractivity contribution in [3.05, 3.63) is 74.3 Å². The Balaban J connectivity index is 1.97. The molecule has 0 spiro atoms. The minimum absolute atomic E-state index is 0.102. The van der Waals surface area contributed by atoms with E-state index in [0.29, 0.717) is 16.3 Å². The van der Waals surface area contributed by atoms with Crippen molar-refractivity contribution in [3.8, 4) is 5.75 Å². The van der Waals surface area contributed by atoms with E-state index in [0.717, 1.165) is 9.13 Å². The lowest BCUT2D eigenvalue weighted by molar-refractivity contribution is -0.142. The van der Waals surface area contributed by atoms with Gasteiger partial charge in [0.2, 0.25) is 11.8 Å². The molecular weight excluding hydrogens is 583 g/mol. The Kier molecular flexibility index (Phi) is 9.97. The lowest BCUT2D eigenvalue weighted by atomic mass is 9.87. The zero-order chi connectivity index (χ0) is 25.5. The second kappa shape index (κ2) is 12.7. The molecule has 0 fully saturated rings. The number of aliphatic hydroxyl groups is 2. The van der Waals surface area contributed by atoms with E-state index in [1.54, 1.807) is 43.0 Å². The van der Waals surface area contributed by atoms with Crippen LogP contribution in [0.25, 0.3) is 0 Å². The van der Waals surface area contributed by atoms with Crippen LogP contribution in [0.15, 0.2) is 60.2 Å². The first-order valence-electron chi connectivity index (χ1n) is 11.4. The number of benzene rings is 2. The summed E-state index contributed by atoms with van der Waals surface area (Å²) < 4.78 is 7.01. The highest BCUT2D eigenvalue weighted by molar-refractivity contribution is 14.1. The maximum Gasteiger partial charge on any atom is 0.247 e. The maximum absolute atomic E-state index is 13.3. The van der Waals surface area contributed by atoms with Crippen molar-refractivity contribution >= 4 is 46.0 Å². The van der Waals surface area contributed by atoms with Crippen molar-refractivity contribution in [2.45, 2.75) is 45.1 Å². The second-order valence-corrected chi connectivity index (χ2v) is 10.3. The molecule has 2 aromatic rings. The predicted octanol–water partition coefficient (Wildman–Crippen LogP) is 3.54. The summed E-state index contributed by atoms with van der Waals surface area (Å²) in [7, 11) is 0. The van der Waals surface area contributed by atoms with Crippen molar-refractivity contribution in [2.24, 2.45) is 5.92 Å². The van der Waals surface area contributed by atoms with Gasteiger partial charge in [0.15, 0.2) is 0 Å². The van der Waals surface area contributed by atoms with E-state index in [1.165, 1.54) is 0 Å². The summed E-state index contributed by atoms with van der Waals surface area (Å²) in [5, 5.41) is 23.8. The van der Waals surface area contributed by atoms with Crippen LogP contribution in [0.4, 0.5) is 0 Å². The van der Waals surface area contributed by atoms with Crippen LogP contribution in [0.2, 0.25) is 5.02 Å². The number of amides is 2. The predicted molar refractivity (Wildman–Crippen MR) is 143 cm³/mol. The third-order valence-corrected chi connectivity index (χ3v) is 6.90. The minimum Gasteiger partial charge on any atom is -0.482 e. The highest BCUT2D eigenvalue weighted by Gasteiger charge is 2.41. The van der Waals surface area contributed by atoms with Crippen molar-refractivity contribution in [1.29, 1.82) is 0 Å². The molecule has 188 valence electrons. The molecule has 0 aliphatic heterocycles. The first kappa shape index (κ1) is 27.4. The third kappa shape index (κ3) is 7.19. The van der Waals surface area contributed by atoms with Gasteiger partial charge in [0, 0.05) is 36.0 Å². The van der Waals surface area contributed by atoms with Crippen LogP contribution in [0.5, 0.6) is 5.75 Å². The first-order chi connectivity index (χ1) is 16.7. The van der Waals surface area contributed by atoms with Crippen molar-refractivity contribution in [2.75, 3.05) is 13.2 Å². The van der Waals surface area contributed by atoms with Gasteiger partial charge in [-0.05, 0) is 58.5 Å². The third-order valence-electron chi connectivity index (χ3n) is 5.76. The van der Waals surface area contributed by atoms with E-state index in [9.17, 15) is 14.7 Å². The van der Waals surface area contributed by atoms with Gasteiger partial charge in [-0.2, -0.15) is 0 Å². The molecule has 1 aliphatic rings. The van der Waals surface area contributed by atoms with Crippen molar-refractivity contribution < 1.29 is 24.5 Å². The molecule has 3 atom stereocenters. The Morgan fingerprint density at radius 3 is 2.51 bits per heavy atom. The quantitative estimate of drug-likeness (QED) is 0.377. The molecule has 0 bridgehead atoms. The monoisotopic (exact) mass is 612 g/mol. The number of nitrogens with zero attached hydrogens (tertiary/aromatic N) is 1. The molecule has 35 heavy (non-hydrogen) atoms. The van der Waals surface area contributed by atoms with Crippen molar-refractivity contribution in [1.82, 2.24) is 10.2 Å². The van der Waals surface area contributed by atoms with Gasteiger partial charge in [0.1, 0.15) is 18.0 Å². The molecule has 0 aromatic heterocycles. The van der Waals surface area contributed by atoms with Gasteiger partial charge in [-0.15, -0.1) is 0 Å². The minimum atomic E-state index is -1.07. The average Bonchev–Trinajstić information content (AvgIpc) is 2.84. The van der Waals surface area contributed by atoms with Gasteiger partial charge in [0.05, 0.1) is 16.2 Å². The van der Waals surface area contributed by atoms with E-state index < -0.39 is 18.2 Å². The van der Waals surface area contributed by atoms with E-state index in [4.69, 9.17) is 21.4 Å². The van der Waals surface area contributed by atoms with Gasteiger partial charge in [-0.1, -0.05) is 49.7 Å². The van der Waals surface area contributed by atoms with Crippen LogP contribution in [0.1, 0.15) is 25.8 Å². The van der Waals surface area contributed by atoms with E-state index in [-0.39, 0.29) is 43.8 Å². The number of carbonyl (C=O) groups excluding carboxylic acids is 2. The smallest absolute Gasteiger partial charge is 0.247 e. The van der Waals surface area contributed by atoms with E-state index in [2.05, 4.69) is 27.9 Å². The topological polar surface area (TPSA) is 99.1 Å². The summed E-state index contributed by atoms with van der Waals surface area (Å²) in [5.74, 6) is -0.255. The Hall–Kier alpha value is -2.14. The van der Waals surface area contributed by atoms with Crippen LogP contribution in [-0.4, -0.2) is 58.3 Å². The summed E-state index contributed by atoms with van der Waals surface area (Å²) in [6.07, 6.45) is -0.171. The van der Waals surface area contributed by atoms with Crippen molar-refractivity contribution in [3.63, 3.8) is 0 Å². The number of carbonyl (C=O) groups is 2. The molecule has 7 nitrogen and oxygen atoms in total. The second-order valence-electron chi connectivity index (χ2n) is 8.69. The lowest BCUT2D eigenvalue weighted by Gasteiger charge is -2.41. The van der Waals surface area contributed by atoms with Gasteiger partial charge >= 0.3 is 0 Å². The van der Waals surface area contributed by atoms with Crippen LogP contribution < -0.4 is 10.1 Å². The van der Waals surface area contributed by atoms with Crippen LogP contribution in [0, 0.1) is 9.49 Å². The maximum atomic E-state index is 13.3. The van der Waals surface area contributed by atoms with E-state index >= 15 is 0 Å². The Morgan fingerprint density at radius 2 is 1.89 bits per heavy atom. The molecule has 3 unspecified atom stereocenters. The fourth-order valence-corrected chi connectivity index (χ4v) is 4.58. The Labute approximate surface area is 224 Å².